The van der Waals surface area contributed by atoms with E-state index in [1.54, 1.807) is 36.4 Å². The molecule has 3 rings (SSSR count). The summed E-state index contributed by atoms with van der Waals surface area (Å²) in [5.41, 5.74) is 1.50. The molecule has 2 heterocycles. The monoisotopic (exact) mass is 370 g/mol. The van der Waals surface area contributed by atoms with Crippen LogP contribution in [0.2, 0.25) is 0 Å². The van der Waals surface area contributed by atoms with Crippen molar-refractivity contribution in [3.63, 3.8) is 0 Å². The average molecular weight is 370 g/mol. The molecule has 1 unspecified atom stereocenters. The first kappa shape index (κ1) is 17.9. The number of amides is 1. The highest BCUT2D eigenvalue weighted by molar-refractivity contribution is 7.91. The van der Waals surface area contributed by atoms with Gasteiger partial charge in [-0.1, -0.05) is 0 Å². The maximum atomic E-state index is 12.3. The normalized spacial score (nSPS) is 18.1. The Kier molecular flexibility index (Phi) is 4.91. The van der Waals surface area contributed by atoms with Crippen molar-refractivity contribution in [1.82, 2.24) is 4.98 Å². The van der Waals surface area contributed by atoms with Crippen molar-refractivity contribution in [3.05, 3.63) is 53.7 Å². The van der Waals surface area contributed by atoms with Gasteiger partial charge in [0.1, 0.15) is 5.82 Å². The molecular formula is C18H18N4O3S. The standard InChI is InChI=1S/C18H18N4O3S/c1-22(16-8-9-26(24,25)12-16)17-7-4-14(11-20-17)18(23)21-15-5-2-13(10-19)3-6-15/h2-7,11,16H,8-9,12H2,1H3,(H,21,23). The van der Waals surface area contributed by atoms with Gasteiger partial charge in [-0.05, 0) is 42.8 Å². The summed E-state index contributed by atoms with van der Waals surface area (Å²) < 4.78 is 23.2. The van der Waals surface area contributed by atoms with E-state index in [-0.39, 0.29) is 23.5 Å². The molecule has 0 aliphatic carbocycles. The van der Waals surface area contributed by atoms with Gasteiger partial charge in [0.2, 0.25) is 0 Å². The molecule has 1 atom stereocenters. The molecule has 1 aliphatic heterocycles. The molecule has 0 bridgehead atoms. The van der Waals surface area contributed by atoms with Crippen LogP contribution in [0.5, 0.6) is 0 Å². The highest BCUT2D eigenvalue weighted by atomic mass is 32.2. The van der Waals surface area contributed by atoms with Gasteiger partial charge in [-0.15, -0.1) is 0 Å². The maximum absolute atomic E-state index is 12.3. The van der Waals surface area contributed by atoms with E-state index < -0.39 is 9.84 Å². The van der Waals surface area contributed by atoms with E-state index in [0.29, 0.717) is 29.1 Å². The van der Waals surface area contributed by atoms with Crippen molar-refractivity contribution in [2.45, 2.75) is 12.5 Å². The number of carbonyl (C=O) groups is 1. The number of nitrogens with zero attached hydrogens (tertiary/aromatic N) is 3. The van der Waals surface area contributed by atoms with E-state index in [4.69, 9.17) is 5.26 Å². The molecule has 7 nitrogen and oxygen atoms in total. The molecule has 0 spiro atoms. The summed E-state index contributed by atoms with van der Waals surface area (Å²) in [4.78, 5) is 18.4. The van der Waals surface area contributed by atoms with Gasteiger partial charge in [0, 0.05) is 25.0 Å². The van der Waals surface area contributed by atoms with Gasteiger partial charge in [0.25, 0.3) is 5.91 Å². The minimum Gasteiger partial charge on any atom is -0.356 e. The zero-order valence-electron chi connectivity index (χ0n) is 14.2. The van der Waals surface area contributed by atoms with Gasteiger partial charge in [-0.25, -0.2) is 13.4 Å². The van der Waals surface area contributed by atoms with Crippen molar-refractivity contribution < 1.29 is 13.2 Å². The zero-order valence-corrected chi connectivity index (χ0v) is 15.0. The quantitative estimate of drug-likeness (QED) is 0.881. The molecule has 26 heavy (non-hydrogen) atoms. The Balaban J connectivity index is 1.66. The van der Waals surface area contributed by atoms with Crippen LogP contribution in [0.4, 0.5) is 11.5 Å². The third kappa shape index (κ3) is 4.00. The summed E-state index contributed by atoms with van der Waals surface area (Å²) in [6.07, 6.45) is 2.05. The van der Waals surface area contributed by atoms with E-state index in [1.165, 1.54) is 6.20 Å². The van der Waals surface area contributed by atoms with E-state index in [2.05, 4.69) is 10.3 Å². The number of sulfone groups is 1. The van der Waals surface area contributed by atoms with Crippen LogP contribution >= 0.6 is 0 Å². The minimum atomic E-state index is -2.96. The third-order valence-corrected chi connectivity index (χ3v) is 6.15. The lowest BCUT2D eigenvalue weighted by Gasteiger charge is -2.24. The largest absolute Gasteiger partial charge is 0.356 e. The number of benzene rings is 1. The van der Waals surface area contributed by atoms with Crippen molar-refractivity contribution in [2.75, 3.05) is 28.8 Å². The fraction of sp³-hybridized carbons (Fsp3) is 0.278. The number of anilines is 2. The number of carbonyl (C=O) groups excluding carboxylic acids is 1. The van der Waals surface area contributed by atoms with Crippen LogP contribution in [0, 0.1) is 11.3 Å². The van der Waals surface area contributed by atoms with Gasteiger partial charge in [-0.3, -0.25) is 4.79 Å². The van der Waals surface area contributed by atoms with Gasteiger partial charge in [0.05, 0.1) is 28.7 Å². The number of hydrogen-bond donors (Lipinski definition) is 1. The van der Waals surface area contributed by atoms with Crippen molar-refractivity contribution >= 4 is 27.2 Å². The Labute approximate surface area is 152 Å². The van der Waals surface area contributed by atoms with E-state index in [0.717, 1.165) is 0 Å². The molecule has 0 radical (unpaired) electrons. The SMILES string of the molecule is CN(c1ccc(C(=O)Nc2ccc(C#N)cc2)cn1)C1CCS(=O)(=O)C1. The Bertz CT molecular complexity index is 947. The van der Waals surface area contributed by atoms with E-state index >= 15 is 0 Å². The lowest BCUT2D eigenvalue weighted by Crippen LogP contribution is -2.33. The topological polar surface area (TPSA) is 103 Å². The van der Waals surface area contributed by atoms with Gasteiger partial charge >= 0.3 is 0 Å². The predicted octanol–water partition coefficient (Wildman–Crippen LogP) is 1.83. The summed E-state index contributed by atoms with van der Waals surface area (Å²) in [7, 11) is -1.15. The second-order valence-corrected chi connectivity index (χ2v) is 8.44. The molecule has 2 aromatic rings. The number of pyridine rings is 1. The summed E-state index contributed by atoms with van der Waals surface area (Å²) in [6.45, 7) is 0. The van der Waals surface area contributed by atoms with Crippen LogP contribution < -0.4 is 10.2 Å². The summed E-state index contributed by atoms with van der Waals surface area (Å²) >= 11 is 0. The predicted molar refractivity (Wildman–Crippen MR) is 98.8 cm³/mol. The maximum Gasteiger partial charge on any atom is 0.257 e. The van der Waals surface area contributed by atoms with Crippen LogP contribution in [0.25, 0.3) is 0 Å². The Morgan fingerprint density at radius 3 is 2.54 bits per heavy atom. The smallest absolute Gasteiger partial charge is 0.257 e. The molecule has 1 aromatic heterocycles. The van der Waals surface area contributed by atoms with Crippen LogP contribution in [0.1, 0.15) is 22.3 Å². The number of rotatable bonds is 4. The minimum absolute atomic E-state index is 0.0918. The van der Waals surface area contributed by atoms with Crippen LogP contribution in [-0.2, 0) is 9.84 Å². The highest BCUT2D eigenvalue weighted by Gasteiger charge is 2.31. The third-order valence-electron chi connectivity index (χ3n) is 4.40. The van der Waals surface area contributed by atoms with Crippen molar-refractivity contribution in [1.29, 1.82) is 5.26 Å². The number of nitrogens with one attached hydrogen (secondary N) is 1. The average Bonchev–Trinajstić information content (AvgIpc) is 3.01. The first-order valence-corrected chi connectivity index (χ1v) is 9.91. The molecule has 1 aliphatic rings. The number of aromatic nitrogens is 1. The molecule has 1 fully saturated rings. The molecule has 1 amide bonds. The Morgan fingerprint density at radius 1 is 1.27 bits per heavy atom. The number of hydrogen-bond acceptors (Lipinski definition) is 6. The van der Waals surface area contributed by atoms with E-state index in [9.17, 15) is 13.2 Å². The van der Waals surface area contributed by atoms with Crippen LogP contribution in [0.15, 0.2) is 42.6 Å². The lowest BCUT2D eigenvalue weighted by atomic mass is 10.2. The van der Waals surface area contributed by atoms with Crippen molar-refractivity contribution in [2.24, 2.45) is 0 Å². The number of nitriles is 1. The van der Waals surface area contributed by atoms with Gasteiger partial charge < -0.3 is 10.2 Å². The fourth-order valence-electron chi connectivity index (χ4n) is 2.83. The van der Waals surface area contributed by atoms with Crippen molar-refractivity contribution in [3.8, 4) is 6.07 Å². The molecule has 1 N–H and O–H groups in total. The zero-order chi connectivity index (χ0) is 18.7. The highest BCUT2D eigenvalue weighted by Crippen LogP contribution is 2.21. The van der Waals surface area contributed by atoms with Crippen LogP contribution in [-0.4, -0.2) is 43.9 Å². The molecule has 1 aromatic carbocycles. The van der Waals surface area contributed by atoms with E-state index in [1.807, 2.05) is 18.0 Å². The first-order chi connectivity index (χ1) is 12.4. The lowest BCUT2D eigenvalue weighted by molar-refractivity contribution is 0.102. The molecule has 8 heteroatoms. The molecule has 1 saturated heterocycles. The molecular weight excluding hydrogens is 352 g/mol. The molecule has 134 valence electrons. The van der Waals surface area contributed by atoms with Crippen LogP contribution in [0.3, 0.4) is 0 Å². The fourth-order valence-corrected chi connectivity index (χ4v) is 4.60. The first-order valence-electron chi connectivity index (χ1n) is 8.09. The molecule has 0 saturated carbocycles. The Hall–Kier alpha value is -2.92. The summed E-state index contributed by atoms with van der Waals surface area (Å²) in [5.74, 6) is 0.654. The summed E-state index contributed by atoms with van der Waals surface area (Å²) in [6, 6.07) is 11.9. The van der Waals surface area contributed by atoms with Gasteiger partial charge in [0.15, 0.2) is 9.84 Å². The summed E-state index contributed by atoms with van der Waals surface area (Å²) in [5, 5.41) is 11.5. The second kappa shape index (κ2) is 7.14. The second-order valence-electron chi connectivity index (χ2n) is 6.22. The van der Waals surface area contributed by atoms with Gasteiger partial charge in [-0.2, -0.15) is 5.26 Å². The Morgan fingerprint density at radius 2 is 2.00 bits per heavy atom.